The summed E-state index contributed by atoms with van der Waals surface area (Å²) in [5.41, 5.74) is 1.41. The highest BCUT2D eigenvalue weighted by Gasteiger charge is 2.53. The number of halogens is 2. The molecule has 114 valence electrons. The normalized spacial score (nSPS) is 22.7. The second kappa shape index (κ2) is 5.39. The largest absolute Gasteiger partial charge is 0.481 e. The van der Waals surface area contributed by atoms with Crippen molar-refractivity contribution in [3.05, 3.63) is 39.7 Å². The van der Waals surface area contributed by atoms with Gasteiger partial charge < -0.3 is 9.47 Å². The van der Waals surface area contributed by atoms with Crippen molar-refractivity contribution >= 4 is 47.1 Å². The first-order valence-electron chi connectivity index (χ1n) is 6.40. The number of amidine groups is 2. The number of aliphatic imine (C=N–C) groups is 2. The lowest BCUT2D eigenvalue weighted by atomic mass is 10.2. The van der Waals surface area contributed by atoms with E-state index in [2.05, 4.69) is 15.1 Å². The Morgan fingerprint density at radius 1 is 1.14 bits per heavy atom. The van der Waals surface area contributed by atoms with E-state index in [9.17, 15) is 0 Å². The zero-order valence-corrected chi connectivity index (χ0v) is 13.7. The molecule has 3 rings (SSSR count). The number of hydrogen-bond acceptors (Lipinski definition) is 5. The zero-order valence-electron chi connectivity index (χ0n) is 12.2. The van der Waals surface area contributed by atoms with Gasteiger partial charge in [0.1, 0.15) is 10.0 Å². The van der Waals surface area contributed by atoms with Gasteiger partial charge >= 0.3 is 6.02 Å². The van der Waals surface area contributed by atoms with Gasteiger partial charge in [-0.25, -0.2) is 0 Å². The van der Waals surface area contributed by atoms with Gasteiger partial charge in [0.15, 0.2) is 6.34 Å². The van der Waals surface area contributed by atoms with Crippen molar-refractivity contribution in [1.29, 1.82) is 0 Å². The average Bonchev–Trinajstić information content (AvgIpc) is 2.94. The number of rotatable bonds is 2. The number of fused-ring (bicyclic) bond motifs is 1. The van der Waals surface area contributed by atoms with Crippen LogP contribution in [0, 0.1) is 6.92 Å². The van der Waals surface area contributed by atoms with Crippen LogP contribution < -0.4 is 4.59 Å². The van der Waals surface area contributed by atoms with E-state index in [-0.39, 0.29) is 10.6 Å². The van der Waals surface area contributed by atoms with E-state index in [1.54, 1.807) is 12.1 Å². The fraction of sp³-hybridized carbons (Fsp3) is 0.214. The summed E-state index contributed by atoms with van der Waals surface area (Å²) in [6.45, 7) is 1.89. The third-order valence-corrected chi connectivity index (χ3v) is 4.24. The van der Waals surface area contributed by atoms with E-state index in [1.807, 2.05) is 13.0 Å². The summed E-state index contributed by atoms with van der Waals surface area (Å²) >= 11 is 12.9. The van der Waals surface area contributed by atoms with Crippen molar-refractivity contribution in [2.75, 3.05) is 14.2 Å². The van der Waals surface area contributed by atoms with Crippen LogP contribution in [0.15, 0.2) is 39.2 Å². The first-order chi connectivity index (χ1) is 10.5. The Morgan fingerprint density at radius 2 is 1.91 bits per heavy atom. The molecule has 1 atom stereocenters. The predicted octanol–water partition coefficient (Wildman–Crippen LogP) is 3.47. The molecule has 1 aromatic rings. The van der Waals surface area contributed by atoms with E-state index in [0.717, 1.165) is 5.56 Å². The van der Waals surface area contributed by atoms with Crippen molar-refractivity contribution < 1.29 is 9.47 Å². The number of ether oxygens (including phenoxy) is 2. The number of benzene rings is 1. The molecule has 2 heterocycles. The minimum absolute atomic E-state index is 0.247. The molecule has 0 saturated heterocycles. The molecule has 2 aliphatic heterocycles. The molecule has 0 N–H and O–H groups in total. The summed E-state index contributed by atoms with van der Waals surface area (Å²) in [5, 5.41) is 5.36. The number of nitrogens with zero attached hydrogens (tertiary/aromatic N) is 4. The van der Waals surface area contributed by atoms with Gasteiger partial charge in [0.05, 0.1) is 20.3 Å². The summed E-state index contributed by atoms with van der Waals surface area (Å²) < 4.78 is 10.4. The Kier molecular flexibility index (Phi) is 3.68. The van der Waals surface area contributed by atoms with Gasteiger partial charge in [0, 0.05) is 0 Å². The predicted molar refractivity (Wildman–Crippen MR) is 88.5 cm³/mol. The van der Waals surface area contributed by atoms with Crippen LogP contribution in [-0.2, 0) is 9.47 Å². The summed E-state index contributed by atoms with van der Waals surface area (Å²) in [6, 6.07) is 3.85. The van der Waals surface area contributed by atoms with Crippen molar-refractivity contribution in [1.82, 2.24) is 4.59 Å². The van der Waals surface area contributed by atoms with Crippen LogP contribution in [0.25, 0.3) is 0 Å². The van der Waals surface area contributed by atoms with Crippen molar-refractivity contribution in [3.63, 3.8) is 0 Å². The van der Waals surface area contributed by atoms with E-state index in [4.69, 9.17) is 32.7 Å². The Balaban J connectivity index is 2.32. The van der Waals surface area contributed by atoms with Crippen LogP contribution in [0.5, 0.6) is 0 Å². The van der Waals surface area contributed by atoms with Gasteiger partial charge in [-0.05, 0) is 28.2 Å². The molecule has 8 heteroatoms. The number of aryl methyl sites for hydroxylation is 1. The van der Waals surface area contributed by atoms with Crippen LogP contribution in [-0.4, -0.2) is 32.4 Å². The quantitative estimate of drug-likeness (QED) is 0.774. The monoisotopic (exact) mass is 339 g/mol. The van der Waals surface area contributed by atoms with E-state index >= 15 is 0 Å². The smallest absolute Gasteiger partial charge is 0.441 e. The fourth-order valence-corrected chi connectivity index (χ4v) is 3.00. The van der Waals surface area contributed by atoms with E-state index in [0.29, 0.717) is 27.5 Å². The molecular weight excluding hydrogens is 327 g/mol. The molecule has 0 spiro atoms. The van der Waals surface area contributed by atoms with Gasteiger partial charge in [-0.2, -0.15) is 4.99 Å². The third kappa shape index (κ3) is 1.95. The van der Waals surface area contributed by atoms with Crippen LogP contribution in [0.2, 0.25) is 10.0 Å². The highest BCUT2D eigenvalue weighted by atomic mass is 35.5. The molecule has 0 aliphatic carbocycles. The average molecular weight is 340 g/mol. The van der Waals surface area contributed by atoms with E-state index in [1.165, 1.54) is 20.6 Å². The summed E-state index contributed by atoms with van der Waals surface area (Å²) in [6.07, 6.45) is 3.10. The molecule has 6 nitrogen and oxygen atoms in total. The fourth-order valence-electron chi connectivity index (χ4n) is 2.38. The lowest BCUT2D eigenvalue weighted by molar-refractivity contribution is 0.272. The summed E-state index contributed by atoms with van der Waals surface area (Å²) in [4.78, 5) is 8.59. The topological polar surface area (TPSA) is 55.5 Å². The molecular formula is C14H13Cl2N4O2+. The Morgan fingerprint density at radius 3 is 2.59 bits per heavy atom. The minimum atomic E-state index is -0.247. The molecule has 2 aliphatic rings. The number of methoxy groups -OCH3 is 2. The molecule has 0 saturated carbocycles. The Bertz CT molecular complexity index is 770. The van der Waals surface area contributed by atoms with Crippen molar-refractivity contribution in [2.45, 2.75) is 6.92 Å². The lowest BCUT2D eigenvalue weighted by Gasteiger charge is -2.29. The van der Waals surface area contributed by atoms with Crippen molar-refractivity contribution in [2.24, 2.45) is 15.1 Å². The highest BCUT2D eigenvalue weighted by molar-refractivity contribution is 6.41. The molecule has 0 radical (unpaired) electrons. The van der Waals surface area contributed by atoms with Gasteiger partial charge in [-0.3, -0.25) is 0 Å². The van der Waals surface area contributed by atoms with Gasteiger partial charge in [0.2, 0.25) is 11.6 Å². The maximum atomic E-state index is 6.49. The summed E-state index contributed by atoms with van der Waals surface area (Å²) in [5.74, 6) is 0.910. The highest BCUT2D eigenvalue weighted by Crippen LogP contribution is 2.44. The third-order valence-electron chi connectivity index (χ3n) is 3.46. The van der Waals surface area contributed by atoms with Gasteiger partial charge in [0.25, 0.3) is 5.84 Å². The maximum absolute atomic E-state index is 6.49. The second-order valence-corrected chi connectivity index (χ2v) is 5.45. The van der Waals surface area contributed by atoms with E-state index < -0.39 is 0 Å². The Labute approximate surface area is 137 Å². The molecule has 1 aromatic carbocycles. The lowest BCUT2D eigenvalue weighted by Crippen LogP contribution is -2.54. The molecule has 0 amide bonds. The molecule has 0 aromatic heterocycles. The van der Waals surface area contributed by atoms with Crippen LogP contribution >= 0.6 is 23.2 Å². The van der Waals surface area contributed by atoms with Crippen LogP contribution in [0.3, 0.4) is 0 Å². The molecule has 22 heavy (non-hydrogen) atoms. The molecule has 0 fully saturated rings. The second-order valence-electron chi connectivity index (χ2n) is 4.67. The molecule has 1 unspecified atom stereocenters. The minimum Gasteiger partial charge on any atom is -0.481 e. The van der Waals surface area contributed by atoms with Crippen molar-refractivity contribution in [3.8, 4) is 0 Å². The van der Waals surface area contributed by atoms with Gasteiger partial charge in [-0.1, -0.05) is 29.3 Å². The summed E-state index contributed by atoms with van der Waals surface area (Å²) in [7, 11) is 3.02. The zero-order chi connectivity index (χ0) is 15.9. The maximum Gasteiger partial charge on any atom is 0.441 e. The first kappa shape index (κ1) is 15.0. The number of quaternary nitrogens is 1. The molecule has 0 bridgehead atoms. The van der Waals surface area contributed by atoms with Crippen LogP contribution in [0.4, 0.5) is 5.69 Å². The van der Waals surface area contributed by atoms with Gasteiger partial charge in [-0.15, -0.1) is 4.99 Å². The Hall–Kier alpha value is -1.89. The number of hydrogen-bond donors (Lipinski definition) is 0. The first-order valence-corrected chi connectivity index (χ1v) is 7.15. The standard InChI is InChI=1S/C14H13Cl2N4O2/c1-8-4-5-9(15)13(12(8)16)20-10(17-7-18-20)6-11(21-2)19-14(20)22-3/h4-7H,1-3H3/q+1. The van der Waals surface area contributed by atoms with Crippen LogP contribution in [0.1, 0.15) is 5.56 Å². The SMILES string of the molecule is COC1=CC2=NC=N[N+]2(c2c(Cl)ccc(C)c2Cl)C(OC)=N1.